The van der Waals surface area contributed by atoms with Crippen LogP contribution in [-0.2, 0) is 4.74 Å². The van der Waals surface area contributed by atoms with E-state index in [4.69, 9.17) is 4.74 Å². The Balaban J connectivity index is 1.74. The van der Waals surface area contributed by atoms with Crippen LogP contribution in [0.2, 0.25) is 0 Å². The van der Waals surface area contributed by atoms with Gasteiger partial charge >= 0.3 is 0 Å². The topological polar surface area (TPSA) is 9.23 Å². The molecule has 0 aromatic carbocycles. The number of rotatable bonds is 2. The molecule has 2 aliphatic rings. The summed E-state index contributed by atoms with van der Waals surface area (Å²) in [4.78, 5) is 0. The molecule has 1 aliphatic carbocycles. The Labute approximate surface area is 75.5 Å². The van der Waals surface area contributed by atoms with Crippen LogP contribution in [0, 0.1) is 17.8 Å². The first-order chi connectivity index (χ1) is 5.90. The monoisotopic (exact) mass is 168 g/mol. The van der Waals surface area contributed by atoms with Crippen LogP contribution < -0.4 is 0 Å². The molecule has 0 N–H and O–H groups in total. The predicted octanol–water partition coefficient (Wildman–Crippen LogP) is 2.85. The quantitative estimate of drug-likeness (QED) is 0.616. The van der Waals surface area contributed by atoms with Gasteiger partial charge in [0.15, 0.2) is 0 Å². The minimum absolute atomic E-state index is 0.933. The summed E-state index contributed by atoms with van der Waals surface area (Å²) in [7, 11) is 0. The molecule has 0 aromatic rings. The van der Waals surface area contributed by atoms with Crippen molar-refractivity contribution in [1.29, 1.82) is 0 Å². The van der Waals surface area contributed by atoms with Gasteiger partial charge in [-0.1, -0.05) is 26.2 Å². The maximum Gasteiger partial charge on any atom is 0.0519 e. The van der Waals surface area contributed by atoms with Crippen molar-refractivity contribution in [3.05, 3.63) is 0 Å². The molecule has 1 saturated heterocycles. The Morgan fingerprint density at radius 3 is 2.08 bits per heavy atom. The molecule has 0 bridgehead atoms. The summed E-state index contributed by atoms with van der Waals surface area (Å²) in [5.74, 6) is 2.99. The smallest absolute Gasteiger partial charge is 0.0519 e. The van der Waals surface area contributed by atoms with Crippen LogP contribution in [0.25, 0.3) is 0 Å². The van der Waals surface area contributed by atoms with E-state index < -0.39 is 0 Å². The summed E-state index contributed by atoms with van der Waals surface area (Å²) in [6.07, 6.45) is 7.32. The largest absolute Gasteiger partial charge is 0.381 e. The Hall–Kier alpha value is -0.0400. The third-order valence-electron chi connectivity index (χ3n) is 3.80. The van der Waals surface area contributed by atoms with Crippen molar-refractivity contribution in [2.45, 2.75) is 39.0 Å². The Morgan fingerprint density at radius 2 is 1.67 bits per heavy atom. The molecule has 1 saturated carbocycles. The Morgan fingerprint density at radius 1 is 1.00 bits per heavy atom. The zero-order valence-electron chi connectivity index (χ0n) is 8.09. The molecular weight excluding hydrogens is 148 g/mol. The third kappa shape index (κ3) is 1.66. The molecule has 70 valence electrons. The zero-order valence-corrected chi connectivity index (χ0v) is 8.09. The van der Waals surface area contributed by atoms with Gasteiger partial charge in [-0.3, -0.25) is 0 Å². The molecule has 0 unspecified atom stereocenters. The summed E-state index contributed by atoms with van der Waals surface area (Å²) >= 11 is 0. The number of hydrogen-bond donors (Lipinski definition) is 0. The van der Waals surface area contributed by atoms with Crippen LogP contribution in [0.4, 0.5) is 0 Å². The summed E-state index contributed by atoms with van der Waals surface area (Å²) in [5.41, 5.74) is 0. The van der Waals surface area contributed by atoms with E-state index in [1.165, 1.54) is 32.1 Å². The number of ether oxygens (including phenoxy) is 1. The molecular formula is C11H20O. The van der Waals surface area contributed by atoms with Gasteiger partial charge in [0.25, 0.3) is 0 Å². The highest BCUT2D eigenvalue weighted by atomic mass is 16.5. The van der Waals surface area contributed by atoms with E-state index >= 15 is 0 Å². The van der Waals surface area contributed by atoms with Gasteiger partial charge in [0.2, 0.25) is 0 Å². The molecule has 0 atom stereocenters. The van der Waals surface area contributed by atoms with Gasteiger partial charge < -0.3 is 4.74 Å². The Kier molecular flexibility index (Phi) is 2.69. The fourth-order valence-corrected chi connectivity index (χ4v) is 2.59. The highest BCUT2D eigenvalue weighted by Crippen LogP contribution is 2.37. The van der Waals surface area contributed by atoms with E-state index in [9.17, 15) is 0 Å². The first-order valence-corrected chi connectivity index (χ1v) is 5.48. The van der Waals surface area contributed by atoms with Crippen LogP contribution >= 0.6 is 0 Å². The Bertz CT molecular complexity index is 132. The van der Waals surface area contributed by atoms with Crippen molar-refractivity contribution in [2.75, 3.05) is 13.2 Å². The van der Waals surface area contributed by atoms with Gasteiger partial charge in [-0.25, -0.2) is 0 Å². The van der Waals surface area contributed by atoms with Crippen LogP contribution in [0.5, 0.6) is 0 Å². The van der Waals surface area contributed by atoms with Gasteiger partial charge in [-0.2, -0.15) is 0 Å². The second kappa shape index (κ2) is 3.78. The molecule has 0 spiro atoms. The molecule has 0 aromatic heterocycles. The standard InChI is InChI=1S/C11H20O/c1-2-9-3-5-10(6-4-9)11-7-12-8-11/h9-11H,2-8H2,1H3/t9-,10-. The normalized spacial score (nSPS) is 37.8. The minimum atomic E-state index is 0.933. The van der Waals surface area contributed by atoms with E-state index in [2.05, 4.69) is 6.92 Å². The lowest BCUT2D eigenvalue weighted by Gasteiger charge is -2.38. The minimum Gasteiger partial charge on any atom is -0.381 e. The van der Waals surface area contributed by atoms with Crippen molar-refractivity contribution >= 4 is 0 Å². The predicted molar refractivity (Wildman–Crippen MR) is 50.0 cm³/mol. The van der Waals surface area contributed by atoms with E-state index in [1.54, 1.807) is 0 Å². The molecule has 2 rings (SSSR count). The summed E-state index contributed by atoms with van der Waals surface area (Å²) in [6.45, 7) is 4.44. The lowest BCUT2D eigenvalue weighted by molar-refractivity contribution is -0.0701. The van der Waals surface area contributed by atoms with E-state index in [0.29, 0.717) is 0 Å². The maximum absolute atomic E-state index is 5.24. The SMILES string of the molecule is CC[C@H]1CC[C@H](C2COC2)CC1. The lowest BCUT2D eigenvalue weighted by Crippen LogP contribution is -2.36. The highest BCUT2D eigenvalue weighted by molar-refractivity contribution is 4.80. The van der Waals surface area contributed by atoms with E-state index in [0.717, 1.165) is 31.0 Å². The van der Waals surface area contributed by atoms with Gasteiger partial charge in [0.1, 0.15) is 0 Å². The van der Waals surface area contributed by atoms with E-state index in [1.807, 2.05) is 0 Å². The van der Waals surface area contributed by atoms with Crippen LogP contribution in [0.15, 0.2) is 0 Å². The fourth-order valence-electron chi connectivity index (χ4n) is 2.59. The van der Waals surface area contributed by atoms with Crippen LogP contribution in [0.1, 0.15) is 39.0 Å². The van der Waals surface area contributed by atoms with Crippen LogP contribution in [0.3, 0.4) is 0 Å². The van der Waals surface area contributed by atoms with Gasteiger partial charge in [0, 0.05) is 5.92 Å². The lowest BCUT2D eigenvalue weighted by atomic mass is 9.74. The second-order valence-electron chi connectivity index (χ2n) is 4.49. The van der Waals surface area contributed by atoms with Gasteiger partial charge in [-0.15, -0.1) is 0 Å². The molecule has 12 heavy (non-hydrogen) atoms. The van der Waals surface area contributed by atoms with Crippen molar-refractivity contribution < 1.29 is 4.74 Å². The summed E-state index contributed by atoms with van der Waals surface area (Å²) in [5, 5.41) is 0. The summed E-state index contributed by atoms with van der Waals surface area (Å²) in [6, 6.07) is 0. The van der Waals surface area contributed by atoms with Crippen LogP contribution in [-0.4, -0.2) is 13.2 Å². The molecule has 0 radical (unpaired) electrons. The first-order valence-electron chi connectivity index (χ1n) is 5.48. The summed E-state index contributed by atoms with van der Waals surface area (Å²) < 4.78 is 5.24. The highest BCUT2D eigenvalue weighted by Gasteiger charge is 2.31. The zero-order chi connectivity index (χ0) is 8.39. The van der Waals surface area contributed by atoms with Gasteiger partial charge in [0.05, 0.1) is 13.2 Å². The van der Waals surface area contributed by atoms with Crippen molar-refractivity contribution in [2.24, 2.45) is 17.8 Å². The van der Waals surface area contributed by atoms with Crippen molar-refractivity contribution in [1.82, 2.24) is 0 Å². The van der Waals surface area contributed by atoms with E-state index in [-0.39, 0.29) is 0 Å². The molecule has 2 fully saturated rings. The average molecular weight is 168 g/mol. The molecule has 1 heteroatoms. The molecule has 0 amide bonds. The molecule has 1 aliphatic heterocycles. The fraction of sp³-hybridized carbons (Fsp3) is 1.00. The average Bonchev–Trinajstić information content (AvgIpc) is 2.03. The first kappa shape index (κ1) is 8.55. The number of hydrogen-bond acceptors (Lipinski definition) is 1. The molecule has 1 heterocycles. The van der Waals surface area contributed by atoms with Gasteiger partial charge in [-0.05, 0) is 24.7 Å². The molecule has 1 nitrogen and oxygen atoms in total. The second-order valence-corrected chi connectivity index (χ2v) is 4.49. The maximum atomic E-state index is 5.24. The van der Waals surface area contributed by atoms with Crippen molar-refractivity contribution in [3.8, 4) is 0 Å². The third-order valence-corrected chi connectivity index (χ3v) is 3.80. The van der Waals surface area contributed by atoms with Crippen molar-refractivity contribution in [3.63, 3.8) is 0 Å².